The number of benzene rings is 1. The van der Waals surface area contributed by atoms with Gasteiger partial charge in [0.15, 0.2) is 5.41 Å². The van der Waals surface area contributed by atoms with E-state index in [1.54, 1.807) is 24.3 Å². The maximum Gasteiger partial charge on any atom is 0.326 e. The number of ether oxygens (including phenoxy) is 1. The molecule has 0 spiro atoms. The Hall–Kier alpha value is -2.43. The molecule has 0 aliphatic carbocycles. The topological polar surface area (TPSA) is 63.7 Å². The van der Waals surface area contributed by atoms with Crippen molar-refractivity contribution in [3.8, 4) is 0 Å². The van der Waals surface area contributed by atoms with Gasteiger partial charge in [-0.2, -0.15) is 0 Å². The van der Waals surface area contributed by atoms with E-state index in [0.717, 1.165) is 4.90 Å². The van der Waals surface area contributed by atoms with E-state index < -0.39 is 17.3 Å². The summed E-state index contributed by atoms with van der Waals surface area (Å²) in [6, 6.07) is 8.77. The number of esters is 1. The smallest absolute Gasteiger partial charge is 0.326 e. The third-order valence-electron chi connectivity index (χ3n) is 3.87. The number of carbonyl (C=O) groups excluding carboxylic acids is 3. The van der Waals surface area contributed by atoms with Crippen LogP contribution in [0.2, 0.25) is 0 Å². The van der Waals surface area contributed by atoms with E-state index in [-0.39, 0.29) is 12.5 Å². The Morgan fingerprint density at radius 3 is 2.64 bits per heavy atom. The van der Waals surface area contributed by atoms with Crippen LogP contribution in [0.3, 0.4) is 0 Å². The Bertz CT molecular complexity index is 596. The van der Waals surface area contributed by atoms with E-state index in [1.165, 1.54) is 13.0 Å². The SMILES string of the molecule is C=CCOC(=O)C1(c2ccccc2)CCCN(C(C)=O)C1=O. The van der Waals surface area contributed by atoms with Gasteiger partial charge >= 0.3 is 5.97 Å². The highest BCUT2D eigenvalue weighted by Gasteiger charge is 2.53. The molecule has 116 valence electrons. The first kappa shape index (κ1) is 15.9. The fourth-order valence-corrected chi connectivity index (χ4v) is 2.80. The molecule has 1 saturated heterocycles. The van der Waals surface area contributed by atoms with Crippen molar-refractivity contribution in [3.63, 3.8) is 0 Å². The van der Waals surface area contributed by atoms with Gasteiger partial charge in [0.05, 0.1) is 0 Å². The van der Waals surface area contributed by atoms with Crippen LogP contribution in [-0.4, -0.2) is 35.8 Å². The molecule has 1 aliphatic rings. The summed E-state index contributed by atoms with van der Waals surface area (Å²) >= 11 is 0. The second-order valence-electron chi connectivity index (χ2n) is 5.24. The van der Waals surface area contributed by atoms with Crippen LogP contribution in [0.5, 0.6) is 0 Å². The number of hydrogen-bond acceptors (Lipinski definition) is 4. The third-order valence-corrected chi connectivity index (χ3v) is 3.87. The molecule has 5 heteroatoms. The first-order valence-electron chi connectivity index (χ1n) is 7.20. The van der Waals surface area contributed by atoms with Crippen LogP contribution in [0.1, 0.15) is 25.3 Å². The summed E-state index contributed by atoms with van der Waals surface area (Å²) in [5.74, 6) is -1.50. The van der Waals surface area contributed by atoms with Crippen LogP contribution >= 0.6 is 0 Å². The molecule has 1 aromatic carbocycles. The highest BCUT2D eigenvalue weighted by atomic mass is 16.5. The molecule has 1 aromatic rings. The molecule has 1 heterocycles. The van der Waals surface area contributed by atoms with Gasteiger partial charge in [-0.25, -0.2) is 0 Å². The van der Waals surface area contributed by atoms with Crippen molar-refractivity contribution in [2.24, 2.45) is 0 Å². The molecule has 5 nitrogen and oxygen atoms in total. The predicted octanol–water partition coefficient (Wildman–Crippen LogP) is 1.82. The molecule has 0 saturated carbocycles. The number of rotatable bonds is 4. The van der Waals surface area contributed by atoms with Crippen molar-refractivity contribution >= 4 is 17.8 Å². The van der Waals surface area contributed by atoms with Crippen molar-refractivity contribution in [1.82, 2.24) is 4.90 Å². The summed E-state index contributed by atoms with van der Waals surface area (Å²) < 4.78 is 5.17. The Labute approximate surface area is 129 Å². The summed E-state index contributed by atoms with van der Waals surface area (Å²) in [5, 5.41) is 0. The fraction of sp³-hybridized carbons (Fsp3) is 0.353. The zero-order chi connectivity index (χ0) is 16.2. The maximum atomic E-state index is 12.9. The number of piperidine rings is 1. The minimum atomic E-state index is -1.45. The van der Waals surface area contributed by atoms with E-state index in [1.807, 2.05) is 6.07 Å². The Balaban J connectivity index is 2.50. The molecule has 2 rings (SSSR count). The van der Waals surface area contributed by atoms with Crippen molar-refractivity contribution in [2.75, 3.05) is 13.2 Å². The molecule has 1 aliphatic heterocycles. The van der Waals surface area contributed by atoms with Crippen LogP contribution in [0.4, 0.5) is 0 Å². The normalized spacial score (nSPS) is 21.3. The average Bonchev–Trinajstić information content (AvgIpc) is 2.53. The Morgan fingerprint density at radius 1 is 1.36 bits per heavy atom. The van der Waals surface area contributed by atoms with Gasteiger partial charge in [0, 0.05) is 13.5 Å². The number of hydrogen-bond donors (Lipinski definition) is 0. The second kappa shape index (κ2) is 6.56. The van der Waals surface area contributed by atoms with Crippen LogP contribution in [0, 0.1) is 0 Å². The number of likely N-dealkylation sites (tertiary alicyclic amines) is 1. The number of amides is 2. The van der Waals surface area contributed by atoms with E-state index in [9.17, 15) is 14.4 Å². The quantitative estimate of drug-likeness (QED) is 0.483. The fourth-order valence-electron chi connectivity index (χ4n) is 2.80. The molecule has 0 aromatic heterocycles. The van der Waals surface area contributed by atoms with Gasteiger partial charge in [-0.05, 0) is 18.4 Å². The number of carbonyl (C=O) groups is 3. The van der Waals surface area contributed by atoms with Crippen LogP contribution in [-0.2, 0) is 24.5 Å². The summed E-state index contributed by atoms with van der Waals surface area (Å²) in [6.07, 6.45) is 2.34. The lowest BCUT2D eigenvalue weighted by Gasteiger charge is -2.38. The third kappa shape index (κ3) is 2.66. The predicted molar refractivity (Wildman–Crippen MR) is 80.9 cm³/mol. The lowest BCUT2D eigenvalue weighted by atomic mass is 9.73. The lowest BCUT2D eigenvalue weighted by Crippen LogP contribution is -2.57. The summed E-state index contributed by atoms with van der Waals surface area (Å²) in [4.78, 5) is 38.3. The molecule has 1 unspecified atom stereocenters. The molecule has 2 amide bonds. The lowest BCUT2D eigenvalue weighted by molar-refractivity contribution is -0.163. The van der Waals surface area contributed by atoms with Gasteiger partial charge in [0.25, 0.3) is 5.91 Å². The molecule has 1 fully saturated rings. The van der Waals surface area contributed by atoms with Crippen molar-refractivity contribution in [2.45, 2.75) is 25.2 Å². The van der Waals surface area contributed by atoms with E-state index in [4.69, 9.17) is 4.74 Å². The number of imide groups is 1. The van der Waals surface area contributed by atoms with Crippen LogP contribution in [0.15, 0.2) is 43.0 Å². The Morgan fingerprint density at radius 2 is 2.05 bits per heavy atom. The van der Waals surface area contributed by atoms with E-state index in [0.29, 0.717) is 24.9 Å². The summed E-state index contributed by atoms with van der Waals surface area (Å²) in [6.45, 7) is 5.20. The molecule has 1 atom stereocenters. The van der Waals surface area contributed by atoms with Crippen molar-refractivity contribution in [3.05, 3.63) is 48.6 Å². The number of nitrogens with zero attached hydrogens (tertiary/aromatic N) is 1. The highest BCUT2D eigenvalue weighted by Crippen LogP contribution is 2.36. The van der Waals surface area contributed by atoms with Gasteiger partial charge < -0.3 is 4.74 Å². The van der Waals surface area contributed by atoms with Gasteiger partial charge in [-0.1, -0.05) is 43.0 Å². The van der Waals surface area contributed by atoms with Gasteiger partial charge in [0.1, 0.15) is 6.61 Å². The summed E-state index contributed by atoms with van der Waals surface area (Å²) in [7, 11) is 0. The van der Waals surface area contributed by atoms with Gasteiger partial charge in [-0.15, -0.1) is 0 Å². The molecule has 0 N–H and O–H groups in total. The zero-order valence-corrected chi connectivity index (χ0v) is 12.6. The maximum absolute atomic E-state index is 12.9. The van der Waals surface area contributed by atoms with E-state index in [2.05, 4.69) is 6.58 Å². The largest absolute Gasteiger partial charge is 0.460 e. The average molecular weight is 301 g/mol. The molecular formula is C17H19NO4. The van der Waals surface area contributed by atoms with E-state index >= 15 is 0 Å². The highest BCUT2D eigenvalue weighted by molar-refractivity contribution is 6.13. The first-order chi connectivity index (χ1) is 10.5. The first-order valence-corrected chi connectivity index (χ1v) is 7.20. The van der Waals surface area contributed by atoms with Gasteiger partial charge in [-0.3, -0.25) is 19.3 Å². The minimum absolute atomic E-state index is 0.0285. The second-order valence-corrected chi connectivity index (χ2v) is 5.24. The minimum Gasteiger partial charge on any atom is -0.460 e. The van der Waals surface area contributed by atoms with Crippen molar-refractivity contribution in [1.29, 1.82) is 0 Å². The molecule has 22 heavy (non-hydrogen) atoms. The molecule has 0 bridgehead atoms. The monoisotopic (exact) mass is 301 g/mol. The van der Waals surface area contributed by atoms with Gasteiger partial charge in [0.2, 0.25) is 5.91 Å². The van der Waals surface area contributed by atoms with Crippen molar-refractivity contribution < 1.29 is 19.1 Å². The molecular weight excluding hydrogens is 282 g/mol. The summed E-state index contributed by atoms with van der Waals surface area (Å²) in [5.41, 5.74) is -0.895. The Kier molecular flexibility index (Phi) is 4.75. The standard InChI is InChI=1S/C17H19NO4/c1-3-12-22-16(21)17(14-8-5-4-6-9-14)10-7-11-18(13(2)19)15(17)20/h3-6,8-9H,1,7,10-12H2,2H3. The van der Waals surface area contributed by atoms with Crippen LogP contribution < -0.4 is 0 Å². The zero-order valence-electron chi connectivity index (χ0n) is 12.6. The molecule has 0 radical (unpaired) electrons. The van der Waals surface area contributed by atoms with Crippen LogP contribution in [0.25, 0.3) is 0 Å².